The van der Waals surface area contributed by atoms with Crippen LogP contribution in [0, 0.1) is 34.5 Å². The molecular weight excluding hydrogens is 488 g/mol. The number of nitriles is 1. The predicted molar refractivity (Wildman–Crippen MR) is 141 cm³/mol. The van der Waals surface area contributed by atoms with E-state index in [1.807, 2.05) is 6.07 Å². The van der Waals surface area contributed by atoms with Gasteiger partial charge in [-0.25, -0.2) is 4.79 Å². The zero-order valence-electron chi connectivity index (χ0n) is 21.9. The van der Waals surface area contributed by atoms with Crippen molar-refractivity contribution in [2.75, 3.05) is 27.1 Å². The number of nitrogens with one attached hydrogen (secondary N) is 1. The van der Waals surface area contributed by atoms with Crippen molar-refractivity contribution >= 4 is 23.5 Å². The Hall–Kier alpha value is -2.92. The van der Waals surface area contributed by atoms with Crippen LogP contribution in [0.15, 0.2) is 40.1 Å². The Kier molecular flexibility index (Phi) is 7.01. The zero-order chi connectivity index (χ0) is 26.3. The number of hydrogen-bond donors (Lipinski definition) is 1. The summed E-state index contributed by atoms with van der Waals surface area (Å²) in [7, 11) is 4.44. The molecule has 5 aliphatic rings. The predicted octanol–water partition coefficient (Wildman–Crippen LogP) is 5.09. The highest BCUT2D eigenvalue weighted by Crippen LogP contribution is 2.60. The number of thioether (sulfide) groups is 1. The Morgan fingerprint density at radius 3 is 2.22 bits per heavy atom. The number of esters is 1. The van der Waals surface area contributed by atoms with Gasteiger partial charge >= 0.3 is 5.97 Å². The Balaban J connectivity index is 1.46. The third-order valence-corrected chi connectivity index (χ3v) is 9.79. The molecule has 4 fully saturated rings. The number of ketones is 1. The van der Waals surface area contributed by atoms with Gasteiger partial charge in [0.1, 0.15) is 5.78 Å². The Morgan fingerprint density at radius 2 is 1.68 bits per heavy atom. The van der Waals surface area contributed by atoms with Crippen molar-refractivity contribution in [3.8, 4) is 17.6 Å². The maximum absolute atomic E-state index is 13.7. The van der Waals surface area contributed by atoms with Crippen molar-refractivity contribution < 1.29 is 23.8 Å². The van der Waals surface area contributed by atoms with Crippen LogP contribution in [0.3, 0.4) is 0 Å². The lowest BCUT2D eigenvalue weighted by atomic mass is 9.48. The molecule has 8 heteroatoms. The molecule has 0 spiro atoms. The van der Waals surface area contributed by atoms with E-state index in [0.29, 0.717) is 68.2 Å². The Labute approximate surface area is 222 Å². The molecule has 1 aliphatic heterocycles. The molecule has 1 unspecified atom stereocenters. The summed E-state index contributed by atoms with van der Waals surface area (Å²) in [5, 5.41) is 14.2. The van der Waals surface area contributed by atoms with Crippen LogP contribution in [-0.2, 0) is 14.3 Å². The fraction of sp³-hybridized carbons (Fsp3) is 0.552. The number of Topliss-reactive ketones (excluding diaryl/α,β-unsaturated/α-hetero) is 1. The number of benzene rings is 1. The van der Waals surface area contributed by atoms with E-state index < -0.39 is 11.9 Å². The van der Waals surface area contributed by atoms with Crippen LogP contribution in [0.25, 0.3) is 0 Å². The van der Waals surface area contributed by atoms with E-state index in [1.165, 1.54) is 38.1 Å². The van der Waals surface area contributed by atoms with Gasteiger partial charge in [-0.1, -0.05) is 17.8 Å². The Morgan fingerprint density at radius 1 is 1.05 bits per heavy atom. The highest BCUT2D eigenvalue weighted by Gasteiger charge is 2.54. The summed E-state index contributed by atoms with van der Waals surface area (Å²) in [5.41, 5.74) is 1.88. The average Bonchev–Trinajstić information content (AvgIpc) is 2.89. The zero-order valence-corrected chi connectivity index (χ0v) is 22.7. The van der Waals surface area contributed by atoms with E-state index >= 15 is 0 Å². The standard InChI is InChI=1S/C29H34N2O5S/c1-16-25(28(33)36-4)26(20-5-6-22(34-2)23(10-20)35-3)21(14-30)27(31-16)37-15-24(32)29-11-17-7-18(12-29)9-19(8-17)13-29/h5-6,10,17-19,26,31H,7-9,11-13,15H2,1-4H3. The van der Waals surface area contributed by atoms with Crippen molar-refractivity contribution in [3.05, 3.63) is 45.6 Å². The largest absolute Gasteiger partial charge is 0.493 e. The smallest absolute Gasteiger partial charge is 0.336 e. The second-order valence-corrected chi connectivity index (χ2v) is 12.0. The van der Waals surface area contributed by atoms with Crippen molar-refractivity contribution in [2.45, 2.75) is 51.4 Å². The van der Waals surface area contributed by atoms with Gasteiger partial charge in [-0.3, -0.25) is 4.79 Å². The minimum absolute atomic E-state index is 0.186. The molecule has 4 aliphatic carbocycles. The maximum Gasteiger partial charge on any atom is 0.336 e. The third kappa shape index (κ3) is 4.52. The van der Waals surface area contributed by atoms with E-state index in [9.17, 15) is 14.9 Å². The monoisotopic (exact) mass is 522 g/mol. The number of rotatable bonds is 8. The first-order chi connectivity index (χ1) is 17.8. The first kappa shape index (κ1) is 25.7. The first-order valence-corrected chi connectivity index (χ1v) is 13.9. The highest BCUT2D eigenvalue weighted by molar-refractivity contribution is 8.03. The molecule has 1 aromatic carbocycles. The number of allylic oxidation sites excluding steroid dienone is 2. The number of carbonyl (C=O) groups excluding carboxylic acids is 2. The van der Waals surface area contributed by atoms with Gasteiger partial charge in [-0.05, 0) is 80.9 Å². The van der Waals surface area contributed by atoms with Gasteiger partial charge in [0, 0.05) is 11.1 Å². The number of dihydropyridines is 1. The number of nitrogens with zero attached hydrogens (tertiary/aromatic N) is 1. The molecule has 1 heterocycles. The maximum atomic E-state index is 13.7. The van der Waals surface area contributed by atoms with Gasteiger partial charge in [-0.15, -0.1) is 0 Å². The van der Waals surface area contributed by atoms with Gasteiger partial charge in [0.15, 0.2) is 11.5 Å². The minimum Gasteiger partial charge on any atom is -0.493 e. The number of carbonyl (C=O) groups is 2. The molecular formula is C29H34N2O5S. The molecule has 1 atom stereocenters. The molecule has 4 saturated carbocycles. The average molecular weight is 523 g/mol. The molecule has 196 valence electrons. The number of hydrogen-bond acceptors (Lipinski definition) is 8. The lowest BCUT2D eigenvalue weighted by molar-refractivity contribution is -0.141. The molecule has 37 heavy (non-hydrogen) atoms. The second-order valence-electron chi connectivity index (χ2n) is 11.0. The van der Waals surface area contributed by atoms with Crippen molar-refractivity contribution in [1.29, 1.82) is 5.26 Å². The van der Waals surface area contributed by atoms with Crippen LogP contribution >= 0.6 is 11.8 Å². The molecule has 0 amide bonds. The van der Waals surface area contributed by atoms with Crippen LogP contribution in [0.1, 0.15) is 56.9 Å². The lowest BCUT2D eigenvalue weighted by Gasteiger charge is -2.56. The summed E-state index contributed by atoms with van der Waals surface area (Å²) in [6, 6.07) is 7.70. The van der Waals surface area contributed by atoms with E-state index in [0.717, 1.165) is 19.3 Å². The van der Waals surface area contributed by atoms with E-state index in [4.69, 9.17) is 14.2 Å². The molecule has 0 radical (unpaired) electrons. The van der Waals surface area contributed by atoms with Crippen LogP contribution < -0.4 is 14.8 Å². The van der Waals surface area contributed by atoms with Gasteiger partial charge in [0.25, 0.3) is 0 Å². The second kappa shape index (κ2) is 10.1. The molecule has 0 aromatic heterocycles. The van der Waals surface area contributed by atoms with Gasteiger partial charge in [0.2, 0.25) is 0 Å². The first-order valence-electron chi connectivity index (χ1n) is 12.9. The van der Waals surface area contributed by atoms with Crippen LogP contribution in [0.5, 0.6) is 11.5 Å². The molecule has 1 N–H and O–H groups in total. The normalized spacial score (nSPS) is 30.0. The van der Waals surface area contributed by atoms with Gasteiger partial charge < -0.3 is 19.5 Å². The van der Waals surface area contributed by atoms with Crippen molar-refractivity contribution in [3.63, 3.8) is 0 Å². The quantitative estimate of drug-likeness (QED) is 0.472. The van der Waals surface area contributed by atoms with E-state index in [2.05, 4.69) is 11.4 Å². The van der Waals surface area contributed by atoms with Crippen LogP contribution in [0.4, 0.5) is 0 Å². The summed E-state index contributed by atoms with van der Waals surface area (Å²) in [6.45, 7) is 1.80. The fourth-order valence-corrected chi connectivity index (χ4v) is 8.64. The number of ether oxygens (including phenoxy) is 3. The molecule has 1 aromatic rings. The third-order valence-electron chi connectivity index (χ3n) is 8.77. The van der Waals surface area contributed by atoms with E-state index in [-0.39, 0.29) is 5.41 Å². The highest BCUT2D eigenvalue weighted by atomic mass is 32.2. The SMILES string of the molecule is COC(=O)C1=C(C)NC(SCC(=O)C23CC4CC(CC(C4)C2)C3)=C(C#N)C1c1ccc(OC)c(OC)c1. The van der Waals surface area contributed by atoms with E-state index in [1.54, 1.807) is 33.3 Å². The van der Waals surface area contributed by atoms with Crippen molar-refractivity contribution in [1.82, 2.24) is 5.32 Å². The fourth-order valence-electron chi connectivity index (χ4n) is 7.52. The molecule has 6 rings (SSSR count). The topological polar surface area (TPSA) is 97.7 Å². The summed E-state index contributed by atoms with van der Waals surface area (Å²) >= 11 is 1.38. The molecule has 4 bridgehead atoms. The summed E-state index contributed by atoms with van der Waals surface area (Å²) in [5.74, 6) is 2.62. The minimum atomic E-state index is -0.657. The summed E-state index contributed by atoms with van der Waals surface area (Å²) in [4.78, 5) is 26.5. The van der Waals surface area contributed by atoms with Crippen LogP contribution in [-0.4, -0.2) is 38.8 Å². The lowest BCUT2D eigenvalue weighted by Crippen LogP contribution is -2.50. The summed E-state index contributed by atoms with van der Waals surface area (Å²) < 4.78 is 16.0. The molecule has 7 nitrogen and oxygen atoms in total. The Bertz CT molecular complexity index is 1190. The number of methoxy groups -OCH3 is 3. The van der Waals surface area contributed by atoms with Crippen LogP contribution in [0.2, 0.25) is 0 Å². The molecule has 0 saturated heterocycles. The summed E-state index contributed by atoms with van der Waals surface area (Å²) in [6.07, 6.45) is 6.94. The van der Waals surface area contributed by atoms with Gasteiger partial charge in [-0.2, -0.15) is 5.26 Å². The van der Waals surface area contributed by atoms with Crippen molar-refractivity contribution in [2.24, 2.45) is 23.2 Å². The van der Waals surface area contributed by atoms with Gasteiger partial charge in [0.05, 0.1) is 55.2 Å².